The van der Waals surface area contributed by atoms with Gasteiger partial charge in [0.05, 0.1) is 26.4 Å². The van der Waals surface area contributed by atoms with Crippen LogP contribution in [-0.4, -0.2) is 31.9 Å². The van der Waals surface area contributed by atoms with E-state index in [0.717, 1.165) is 5.56 Å². The zero-order valence-electron chi connectivity index (χ0n) is 14.8. The van der Waals surface area contributed by atoms with Gasteiger partial charge in [0.15, 0.2) is 11.5 Å². The third kappa shape index (κ3) is 4.12. The molecule has 0 aliphatic heterocycles. The topological polar surface area (TPSA) is 65.0 Å². The molecule has 5 heteroatoms. The lowest BCUT2D eigenvalue weighted by molar-refractivity contribution is -0.130. The van der Waals surface area contributed by atoms with Crippen LogP contribution in [0.1, 0.15) is 23.6 Å². The van der Waals surface area contributed by atoms with Crippen molar-refractivity contribution in [1.82, 2.24) is 0 Å². The minimum atomic E-state index is -1.02. The van der Waals surface area contributed by atoms with E-state index in [9.17, 15) is 9.90 Å². The molecular weight excluding hydrogens is 320 g/mol. The van der Waals surface area contributed by atoms with E-state index in [2.05, 4.69) is 0 Å². The highest BCUT2D eigenvalue weighted by molar-refractivity contribution is 6.21. The van der Waals surface area contributed by atoms with Gasteiger partial charge in [0.2, 0.25) is 0 Å². The number of methoxy groups -OCH3 is 2. The molecule has 0 saturated carbocycles. The molecule has 2 rings (SSSR count). The van der Waals surface area contributed by atoms with Crippen molar-refractivity contribution < 1.29 is 24.1 Å². The molecule has 0 radical (unpaired) electrons. The Balaban J connectivity index is 2.56. The first-order chi connectivity index (χ1) is 12.0. The van der Waals surface area contributed by atoms with Gasteiger partial charge in [0.1, 0.15) is 5.75 Å². The zero-order valence-corrected chi connectivity index (χ0v) is 14.8. The maximum absolute atomic E-state index is 11.8. The third-order valence-electron chi connectivity index (χ3n) is 3.76. The van der Waals surface area contributed by atoms with Crippen LogP contribution in [0, 0.1) is 6.92 Å². The summed E-state index contributed by atoms with van der Waals surface area (Å²) in [4.78, 5) is 11.8. The monoisotopic (exact) mass is 342 g/mol. The Hall–Kier alpha value is -2.95. The number of carboxylic acid groups (broad SMARTS) is 1. The standard InChI is InChI=1S/C20H22O5/c1-5-25-15-9-10-16(13(2)11-15)17(20(21)22)12-14-7-6-8-18(23-3)19(14)24-4/h6-12H,5H2,1-4H3,(H,21,22)/b17-12-. The average Bonchev–Trinajstić information content (AvgIpc) is 2.60. The van der Waals surface area contributed by atoms with Crippen LogP contribution < -0.4 is 14.2 Å². The molecule has 0 aliphatic carbocycles. The third-order valence-corrected chi connectivity index (χ3v) is 3.76. The molecule has 5 nitrogen and oxygen atoms in total. The summed E-state index contributed by atoms with van der Waals surface area (Å²) in [5.41, 5.74) is 2.25. The summed E-state index contributed by atoms with van der Waals surface area (Å²) in [7, 11) is 3.07. The van der Waals surface area contributed by atoms with Crippen LogP contribution in [0.4, 0.5) is 0 Å². The first-order valence-electron chi connectivity index (χ1n) is 7.91. The van der Waals surface area contributed by atoms with Crippen molar-refractivity contribution in [2.24, 2.45) is 0 Å². The molecule has 0 spiro atoms. The second kappa shape index (κ2) is 8.24. The summed E-state index contributed by atoms with van der Waals surface area (Å²) in [5, 5.41) is 9.70. The van der Waals surface area contributed by atoms with Crippen molar-refractivity contribution >= 4 is 17.6 Å². The fourth-order valence-electron chi connectivity index (χ4n) is 2.63. The molecule has 0 heterocycles. The molecule has 132 valence electrons. The van der Waals surface area contributed by atoms with Crippen LogP contribution in [0.25, 0.3) is 11.6 Å². The maximum Gasteiger partial charge on any atom is 0.336 e. The van der Waals surface area contributed by atoms with Gasteiger partial charge in [-0.05, 0) is 49.2 Å². The smallest absolute Gasteiger partial charge is 0.336 e. The van der Waals surface area contributed by atoms with E-state index in [0.29, 0.717) is 35.0 Å². The number of aliphatic carboxylic acids is 1. The Kier molecular flexibility index (Phi) is 6.06. The Morgan fingerprint density at radius 3 is 2.48 bits per heavy atom. The van der Waals surface area contributed by atoms with E-state index >= 15 is 0 Å². The van der Waals surface area contributed by atoms with Crippen molar-refractivity contribution in [3.8, 4) is 17.2 Å². The van der Waals surface area contributed by atoms with E-state index in [1.807, 2.05) is 19.9 Å². The second-order valence-corrected chi connectivity index (χ2v) is 5.36. The predicted molar refractivity (Wildman–Crippen MR) is 97.4 cm³/mol. The summed E-state index contributed by atoms with van der Waals surface area (Å²) in [6.07, 6.45) is 1.59. The first-order valence-corrected chi connectivity index (χ1v) is 7.91. The summed E-state index contributed by atoms with van der Waals surface area (Å²) < 4.78 is 16.1. The average molecular weight is 342 g/mol. The van der Waals surface area contributed by atoms with Gasteiger partial charge in [-0.1, -0.05) is 18.2 Å². The van der Waals surface area contributed by atoms with Crippen LogP contribution in [0.3, 0.4) is 0 Å². The first kappa shape index (κ1) is 18.4. The number of aryl methyl sites for hydroxylation is 1. The van der Waals surface area contributed by atoms with Gasteiger partial charge in [-0.25, -0.2) is 4.79 Å². The number of carbonyl (C=O) groups is 1. The number of ether oxygens (including phenoxy) is 3. The fourth-order valence-corrected chi connectivity index (χ4v) is 2.63. The van der Waals surface area contributed by atoms with E-state index in [1.165, 1.54) is 7.11 Å². The minimum absolute atomic E-state index is 0.173. The zero-order chi connectivity index (χ0) is 18.4. The SMILES string of the molecule is CCOc1ccc(/C(=C/c2cccc(OC)c2OC)C(=O)O)c(C)c1. The largest absolute Gasteiger partial charge is 0.494 e. The van der Waals surface area contributed by atoms with E-state index < -0.39 is 5.97 Å². The quantitative estimate of drug-likeness (QED) is 0.608. The number of benzene rings is 2. The van der Waals surface area contributed by atoms with Gasteiger partial charge in [-0.15, -0.1) is 0 Å². The molecule has 0 aliphatic rings. The van der Waals surface area contributed by atoms with Gasteiger partial charge in [0.25, 0.3) is 0 Å². The Morgan fingerprint density at radius 1 is 1.16 bits per heavy atom. The van der Waals surface area contributed by atoms with Gasteiger partial charge in [-0.3, -0.25) is 0 Å². The molecule has 0 amide bonds. The van der Waals surface area contributed by atoms with Gasteiger partial charge >= 0.3 is 5.97 Å². The molecule has 0 atom stereocenters. The summed E-state index contributed by atoms with van der Waals surface area (Å²) >= 11 is 0. The van der Waals surface area contributed by atoms with Crippen molar-refractivity contribution in [2.45, 2.75) is 13.8 Å². The lowest BCUT2D eigenvalue weighted by atomic mass is 9.97. The second-order valence-electron chi connectivity index (χ2n) is 5.36. The highest BCUT2D eigenvalue weighted by Crippen LogP contribution is 2.34. The minimum Gasteiger partial charge on any atom is -0.494 e. The molecule has 1 N–H and O–H groups in total. The van der Waals surface area contributed by atoms with E-state index in [-0.39, 0.29) is 5.57 Å². The molecule has 2 aromatic rings. The number of rotatable bonds is 7. The highest BCUT2D eigenvalue weighted by atomic mass is 16.5. The van der Waals surface area contributed by atoms with Gasteiger partial charge in [0, 0.05) is 5.56 Å². The van der Waals surface area contributed by atoms with Crippen LogP contribution >= 0.6 is 0 Å². The molecule has 0 unspecified atom stereocenters. The van der Waals surface area contributed by atoms with E-state index in [1.54, 1.807) is 43.5 Å². The molecule has 0 bridgehead atoms. The molecule has 25 heavy (non-hydrogen) atoms. The molecule has 0 aromatic heterocycles. The van der Waals surface area contributed by atoms with Crippen LogP contribution in [0.2, 0.25) is 0 Å². The fraction of sp³-hybridized carbons (Fsp3) is 0.250. The van der Waals surface area contributed by atoms with E-state index in [4.69, 9.17) is 14.2 Å². The summed E-state index contributed by atoms with van der Waals surface area (Å²) in [5.74, 6) is 0.737. The number of hydrogen-bond acceptors (Lipinski definition) is 4. The normalized spacial score (nSPS) is 11.1. The maximum atomic E-state index is 11.8. The summed E-state index contributed by atoms with van der Waals surface area (Å²) in [6, 6.07) is 10.7. The molecule has 0 fully saturated rings. The van der Waals surface area contributed by atoms with Crippen LogP contribution in [-0.2, 0) is 4.79 Å². The Bertz CT molecular complexity index is 793. The number of carboxylic acids is 1. The molecule has 2 aromatic carbocycles. The van der Waals surface area contributed by atoms with Crippen molar-refractivity contribution in [3.63, 3.8) is 0 Å². The Labute approximate surface area is 147 Å². The van der Waals surface area contributed by atoms with Crippen LogP contribution in [0.5, 0.6) is 17.2 Å². The summed E-state index contributed by atoms with van der Waals surface area (Å²) in [6.45, 7) is 4.32. The highest BCUT2D eigenvalue weighted by Gasteiger charge is 2.16. The lowest BCUT2D eigenvalue weighted by Gasteiger charge is -2.13. The van der Waals surface area contributed by atoms with Crippen molar-refractivity contribution in [2.75, 3.05) is 20.8 Å². The lowest BCUT2D eigenvalue weighted by Crippen LogP contribution is -2.03. The molecule has 0 saturated heterocycles. The van der Waals surface area contributed by atoms with Crippen LogP contribution in [0.15, 0.2) is 36.4 Å². The number of para-hydroxylation sites is 1. The predicted octanol–water partition coefficient (Wildman–Crippen LogP) is 4.04. The molecular formula is C20H22O5. The van der Waals surface area contributed by atoms with Gasteiger partial charge < -0.3 is 19.3 Å². The number of hydrogen-bond donors (Lipinski definition) is 1. The Morgan fingerprint density at radius 2 is 1.92 bits per heavy atom. The van der Waals surface area contributed by atoms with Gasteiger partial charge in [-0.2, -0.15) is 0 Å². The van der Waals surface area contributed by atoms with Crippen molar-refractivity contribution in [3.05, 3.63) is 53.1 Å². The van der Waals surface area contributed by atoms with Crippen molar-refractivity contribution in [1.29, 1.82) is 0 Å².